The van der Waals surface area contributed by atoms with Crippen molar-refractivity contribution in [1.82, 2.24) is 5.43 Å². The molecule has 0 amide bonds. The quantitative estimate of drug-likeness (QED) is 0.507. The van der Waals surface area contributed by atoms with E-state index in [-0.39, 0.29) is 6.04 Å². The van der Waals surface area contributed by atoms with E-state index in [1.165, 1.54) is 0 Å². The molecule has 13 heavy (non-hydrogen) atoms. The number of rotatable bonds is 3. The van der Waals surface area contributed by atoms with Crippen LogP contribution in [-0.4, -0.2) is 7.11 Å². The van der Waals surface area contributed by atoms with E-state index in [2.05, 4.69) is 34.1 Å². The van der Waals surface area contributed by atoms with Crippen molar-refractivity contribution in [3.05, 3.63) is 27.3 Å². The van der Waals surface area contributed by atoms with Crippen molar-refractivity contribution in [1.29, 1.82) is 0 Å². The zero-order valence-electron chi connectivity index (χ0n) is 7.67. The summed E-state index contributed by atoms with van der Waals surface area (Å²) < 4.78 is 6.25. The molecule has 1 unspecified atom stereocenters. The minimum absolute atomic E-state index is 0.166. The van der Waals surface area contributed by atoms with Gasteiger partial charge in [0.2, 0.25) is 0 Å². The van der Waals surface area contributed by atoms with Gasteiger partial charge >= 0.3 is 0 Å². The fourth-order valence-electron chi connectivity index (χ4n) is 1.05. The molecule has 0 aromatic heterocycles. The Labute approximate surface area is 91.8 Å². The Bertz CT molecular complexity index is 291. The maximum atomic E-state index is 5.34. The van der Waals surface area contributed by atoms with Crippen LogP contribution in [0.25, 0.3) is 0 Å². The Morgan fingerprint density at radius 1 is 1.54 bits per heavy atom. The highest BCUT2D eigenvalue weighted by molar-refractivity contribution is 14.1. The third-order valence-corrected chi connectivity index (χ3v) is 2.77. The Balaban J connectivity index is 2.95. The lowest BCUT2D eigenvalue weighted by molar-refractivity contribution is 0.411. The van der Waals surface area contributed by atoms with E-state index in [1.807, 2.05) is 19.1 Å². The zero-order valence-corrected chi connectivity index (χ0v) is 9.83. The average Bonchev–Trinajstić information content (AvgIpc) is 2.16. The number of nitrogens with one attached hydrogen (secondary N) is 1. The number of halogens is 1. The van der Waals surface area contributed by atoms with Crippen LogP contribution < -0.4 is 16.0 Å². The molecule has 0 saturated heterocycles. The van der Waals surface area contributed by atoms with Gasteiger partial charge in [0, 0.05) is 6.04 Å². The molecule has 1 atom stereocenters. The van der Waals surface area contributed by atoms with E-state index >= 15 is 0 Å². The SMILES string of the molecule is COc1ccc(C(C)NN)cc1I. The minimum Gasteiger partial charge on any atom is -0.496 e. The molecule has 72 valence electrons. The lowest BCUT2D eigenvalue weighted by atomic mass is 10.1. The first-order valence-electron chi connectivity index (χ1n) is 3.98. The second-order valence-corrected chi connectivity index (χ2v) is 3.94. The number of nitrogens with two attached hydrogens (primary N) is 1. The molecule has 3 nitrogen and oxygen atoms in total. The fourth-order valence-corrected chi connectivity index (χ4v) is 1.81. The van der Waals surface area contributed by atoms with Crippen LogP contribution in [0.15, 0.2) is 18.2 Å². The molecule has 0 radical (unpaired) electrons. The minimum atomic E-state index is 0.166. The van der Waals surface area contributed by atoms with Crippen LogP contribution in [0.2, 0.25) is 0 Å². The molecule has 0 heterocycles. The Morgan fingerprint density at radius 3 is 2.69 bits per heavy atom. The first kappa shape index (κ1) is 10.7. The summed E-state index contributed by atoms with van der Waals surface area (Å²) in [6.45, 7) is 2.01. The predicted octanol–water partition coefficient (Wildman–Crippen LogP) is 1.82. The molecule has 1 aromatic rings. The van der Waals surface area contributed by atoms with Gasteiger partial charge in [-0.25, -0.2) is 0 Å². The first-order chi connectivity index (χ1) is 6.19. The van der Waals surface area contributed by atoms with Crippen molar-refractivity contribution in [3.8, 4) is 5.75 Å². The topological polar surface area (TPSA) is 47.3 Å². The number of hydrazine groups is 1. The van der Waals surface area contributed by atoms with Gasteiger partial charge in [0.25, 0.3) is 0 Å². The van der Waals surface area contributed by atoms with Crippen LogP contribution in [0.1, 0.15) is 18.5 Å². The van der Waals surface area contributed by atoms with Gasteiger partial charge < -0.3 is 4.74 Å². The van der Waals surface area contributed by atoms with Gasteiger partial charge in [-0.1, -0.05) is 6.07 Å². The molecule has 0 fully saturated rings. The molecule has 1 aromatic carbocycles. The van der Waals surface area contributed by atoms with Gasteiger partial charge in [0.05, 0.1) is 10.7 Å². The summed E-state index contributed by atoms with van der Waals surface area (Å²) in [7, 11) is 1.67. The maximum absolute atomic E-state index is 5.34. The second kappa shape index (κ2) is 4.78. The number of methoxy groups -OCH3 is 1. The number of benzene rings is 1. The van der Waals surface area contributed by atoms with E-state index in [0.717, 1.165) is 14.9 Å². The van der Waals surface area contributed by atoms with Gasteiger partial charge in [-0.3, -0.25) is 11.3 Å². The molecule has 4 heteroatoms. The van der Waals surface area contributed by atoms with Crippen molar-refractivity contribution in [2.75, 3.05) is 7.11 Å². The van der Waals surface area contributed by atoms with Crippen LogP contribution in [-0.2, 0) is 0 Å². The third-order valence-electron chi connectivity index (χ3n) is 1.93. The van der Waals surface area contributed by atoms with Crippen LogP contribution in [0.3, 0.4) is 0 Å². The van der Waals surface area contributed by atoms with Crippen molar-refractivity contribution < 1.29 is 4.74 Å². The van der Waals surface area contributed by atoms with Crippen LogP contribution >= 0.6 is 22.6 Å². The molecule has 0 aliphatic carbocycles. The molecule has 0 spiro atoms. The van der Waals surface area contributed by atoms with Crippen molar-refractivity contribution in [2.24, 2.45) is 5.84 Å². The molecular formula is C9H13IN2O. The standard InChI is InChI=1S/C9H13IN2O/c1-6(12-11)7-3-4-9(13-2)8(10)5-7/h3-6,12H,11H2,1-2H3. The second-order valence-electron chi connectivity index (χ2n) is 2.78. The smallest absolute Gasteiger partial charge is 0.132 e. The summed E-state index contributed by atoms with van der Waals surface area (Å²) in [6, 6.07) is 6.18. The van der Waals surface area contributed by atoms with Crippen LogP contribution in [0.5, 0.6) is 5.75 Å². The van der Waals surface area contributed by atoms with Gasteiger partial charge in [-0.05, 0) is 47.2 Å². The molecule has 1 rings (SSSR count). The summed E-state index contributed by atoms with van der Waals surface area (Å²) in [6.07, 6.45) is 0. The van der Waals surface area contributed by atoms with E-state index in [4.69, 9.17) is 10.6 Å². The summed E-state index contributed by atoms with van der Waals surface area (Å²) in [5.74, 6) is 6.24. The van der Waals surface area contributed by atoms with E-state index < -0.39 is 0 Å². The predicted molar refractivity (Wildman–Crippen MR) is 61.4 cm³/mol. The Kier molecular flexibility index (Phi) is 3.95. The monoisotopic (exact) mass is 292 g/mol. The van der Waals surface area contributed by atoms with Gasteiger partial charge in [-0.2, -0.15) is 0 Å². The zero-order chi connectivity index (χ0) is 9.84. The summed E-state index contributed by atoms with van der Waals surface area (Å²) in [5.41, 5.74) is 3.86. The Morgan fingerprint density at radius 2 is 2.23 bits per heavy atom. The van der Waals surface area contributed by atoms with E-state index in [0.29, 0.717) is 0 Å². The van der Waals surface area contributed by atoms with E-state index in [9.17, 15) is 0 Å². The number of hydrogen-bond donors (Lipinski definition) is 2. The van der Waals surface area contributed by atoms with Gasteiger partial charge in [0.1, 0.15) is 5.75 Å². The van der Waals surface area contributed by atoms with Crippen LogP contribution in [0, 0.1) is 3.57 Å². The lowest BCUT2D eigenvalue weighted by Gasteiger charge is -2.11. The average molecular weight is 292 g/mol. The summed E-state index contributed by atoms with van der Waals surface area (Å²) in [4.78, 5) is 0. The highest BCUT2D eigenvalue weighted by Crippen LogP contribution is 2.24. The number of ether oxygens (including phenoxy) is 1. The molecule has 0 aliphatic rings. The molecule has 3 N–H and O–H groups in total. The Hall–Kier alpha value is -0.330. The van der Waals surface area contributed by atoms with Gasteiger partial charge in [0.15, 0.2) is 0 Å². The molecule has 0 aliphatic heterocycles. The highest BCUT2D eigenvalue weighted by Gasteiger charge is 2.05. The number of hydrogen-bond acceptors (Lipinski definition) is 3. The van der Waals surface area contributed by atoms with Gasteiger partial charge in [-0.15, -0.1) is 0 Å². The van der Waals surface area contributed by atoms with Crippen molar-refractivity contribution in [3.63, 3.8) is 0 Å². The molecular weight excluding hydrogens is 279 g/mol. The van der Waals surface area contributed by atoms with Crippen LogP contribution in [0.4, 0.5) is 0 Å². The first-order valence-corrected chi connectivity index (χ1v) is 5.06. The largest absolute Gasteiger partial charge is 0.496 e. The molecule has 0 saturated carbocycles. The summed E-state index contributed by atoms with van der Waals surface area (Å²) in [5, 5.41) is 0. The lowest BCUT2D eigenvalue weighted by Crippen LogP contribution is -2.25. The van der Waals surface area contributed by atoms with Crippen molar-refractivity contribution >= 4 is 22.6 Å². The normalized spacial score (nSPS) is 12.6. The van der Waals surface area contributed by atoms with Crippen molar-refractivity contribution in [2.45, 2.75) is 13.0 Å². The highest BCUT2D eigenvalue weighted by atomic mass is 127. The fraction of sp³-hybridized carbons (Fsp3) is 0.333. The third kappa shape index (κ3) is 2.55. The summed E-state index contributed by atoms with van der Waals surface area (Å²) >= 11 is 2.24. The van der Waals surface area contributed by atoms with E-state index in [1.54, 1.807) is 7.11 Å². The maximum Gasteiger partial charge on any atom is 0.132 e. The molecule has 0 bridgehead atoms.